The highest BCUT2D eigenvalue weighted by atomic mass is 32.1. The van der Waals surface area contributed by atoms with Crippen LogP contribution in [0.1, 0.15) is 81.2 Å². The summed E-state index contributed by atoms with van der Waals surface area (Å²) in [5, 5.41) is 3.54. The standard InChI is InChI=1S/C32H41N5O6S/c1-32(2,3)43-31(40)37(4)21-11-13-22(14-12-21)42-28-26-25-20(10-15-24(25)44-29(26)35-18-34-28)16-23(27(33)38)36-30(39)41-17-19-8-6-5-7-9-19/h5-9,18,20-23H,10-17H2,1-4H3,(H2,33,38)(H,36,39)/t20-,21-,22-,23-/m1/s1. The third-order valence-electron chi connectivity index (χ3n) is 8.22. The zero-order valence-corrected chi connectivity index (χ0v) is 26.5. The summed E-state index contributed by atoms with van der Waals surface area (Å²) < 4.78 is 17.4. The van der Waals surface area contributed by atoms with Gasteiger partial charge in [-0.3, -0.25) is 4.79 Å². The van der Waals surface area contributed by atoms with E-state index in [4.69, 9.17) is 19.9 Å². The number of nitrogens with zero attached hydrogens (tertiary/aromatic N) is 3. The van der Waals surface area contributed by atoms with E-state index >= 15 is 0 Å². The Bertz CT molecular complexity index is 1480. The van der Waals surface area contributed by atoms with Crippen LogP contribution in [-0.4, -0.2) is 63.8 Å². The molecule has 3 amide bonds. The van der Waals surface area contributed by atoms with Gasteiger partial charge in [0.25, 0.3) is 0 Å². The molecule has 2 atom stereocenters. The van der Waals surface area contributed by atoms with Crippen molar-refractivity contribution in [2.24, 2.45) is 5.73 Å². The zero-order valence-electron chi connectivity index (χ0n) is 25.7. The first-order valence-corrected chi connectivity index (χ1v) is 16.0. The number of alkyl carbamates (subject to hydrolysis) is 1. The van der Waals surface area contributed by atoms with Gasteiger partial charge in [-0.2, -0.15) is 0 Å². The van der Waals surface area contributed by atoms with Crippen molar-refractivity contribution >= 4 is 39.6 Å². The van der Waals surface area contributed by atoms with Gasteiger partial charge < -0.3 is 30.2 Å². The second kappa shape index (κ2) is 13.4. The fourth-order valence-corrected chi connectivity index (χ4v) is 7.23. The Morgan fingerprint density at radius 3 is 2.50 bits per heavy atom. The zero-order chi connectivity index (χ0) is 31.4. The number of aromatic nitrogens is 2. The first kappa shape index (κ1) is 31.5. The lowest BCUT2D eigenvalue weighted by Crippen LogP contribution is -2.45. The predicted molar refractivity (Wildman–Crippen MR) is 167 cm³/mol. The number of primary amides is 1. The molecular formula is C32H41N5O6S. The molecule has 2 aliphatic rings. The summed E-state index contributed by atoms with van der Waals surface area (Å²) in [5.41, 5.74) is 7.11. The highest BCUT2D eigenvalue weighted by Gasteiger charge is 2.35. The molecule has 0 bridgehead atoms. The monoisotopic (exact) mass is 623 g/mol. The number of amides is 3. The van der Waals surface area contributed by atoms with Crippen LogP contribution in [0.2, 0.25) is 0 Å². The average molecular weight is 624 g/mol. The van der Waals surface area contributed by atoms with Gasteiger partial charge in [0.1, 0.15) is 35.5 Å². The SMILES string of the molecule is CN(C(=O)OC(C)(C)C)[C@H]1CC[C@H](Oc2ncnc3sc4c(c23)[C@@H](C[C@@H](NC(=O)OCc2ccccc2)C(N)=O)CC4)CC1. The minimum Gasteiger partial charge on any atom is -0.474 e. The van der Waals surface area contributed by atoms with Crippen LogP contribution >= 0.6 is 11.3 Å². The van der Waals surface area contributed by atoms with Gasteiger partial charge in [0.05, 0.1) is 5.39 Å². The molecule has 1 aromatic carbocycles. The molecule has 0 aliphatic heterocycles. The van der Waals surface area contributed by atoms with Crippen LogP contribution in [0.4, 0.5) is 9.59 Å². The number of carbonyl (C=O) groups is 3. The lowest BCUT2D eigenvalue weighted by Gasteiger charge is -2.35. The maximum atomic E-state index is 12.6. The molecule has 0 saturated heterocycles. The van der Waals surface area contributed by atoms with E-state index in [2.05, 4.69) is 15.3 Å². The number of aryl methyl sites for hydroxylation is 1. The number of hydrogen-bond acceptors (Lipinski definition) is 9. The first-order chi connectivity index (χ1) is 21.0. The Hall–Kier alpha value is -3.93. The van der Waals surface area contributed by atoms with Crippen LogP contribution in [-0.2, 0) is 27.3 Å². The molecule has 2 aliphatic carbocycles. The van der Waals surface area contributed by atoms with Crippen LogP contribution < -0.4 is 15.8 Å². The average Bonchev–Trinajstić information content (AvgIpc) is 3.55. The minimum absolute atomic E-state index is 0.0303. The maximum Gasteiger partial charge on any atom is 0.410 e. The lowest BCUT2D eigenvalue weighted by molar-refractivity contribution is -0.120. The Labute approximate surface area is 261 Å². The van der Waals surface area contributed by atoms with Crippen LogP contribution in [0.15, 0.2) is 36.7 Å². The number of ether oxygens (including phenoxy) is 3. The number of rotatable bonds is 9. The smallest absolute Gasteiger partial charge is 0.410 e. The molecule has 0 unspecified atom stereocenters. The molecule has 12 heteroatoms. The molecular weight excluding hydrogens is 582 g/mol. The van der Waals surface area contributed by atoms with E-state index in [9.17, 15) is 14.4 Å². The van der Waals surface area contributed by atoms with Gasteiger partial charge in [0.15, 0.2) is 0 Å². The number of nitrogens with one attached hydrogen (secondary N) is 1. The van der Waals surface area contributed by atoms with Crippen LogP contribution in [0, 0.1) is 0 Å². The fourth-order valence-electron chi connectivity index (χ4n) is 5.99. The normalized spacial score (nSPS) is 20.4. The van der Waals surface area contributed by atoms with Crippen LogP contribution in [0.3, 0.4) is 0 Å². The fraction of sp³-hybridized carbons (Fsp3) is 0.531. The van der Waals surface area contributed by atoms with E-state index in [1.165, 1.54) is 11.2 Å². The number of carbonyl (C=O) groups excluding carboxylic acids is 3. The molecule has 0 radical (unpaired) electrons. The van der Waals surface area contributed by atoms with Crippen molar-refractivity contribution in [3.8, 4) is 5.88 Å². The summed E-state index contributed by atoms with van der Waals surface area (Å²) >= 11 is 1.62. The van der Waals surface area contributed by atoms with E-state index in [0.29, 0.717) is 12.3 Å². The maximum absolute atomic E-state index is 12.6. The number of benzene rings is 1. The van der Waals surface area contributed by atoms with E-state index in [1.807, 2.05) is 51.1 Å². The number of hydrogen-bond donors (Lipinski definition) is 2. The van der Waals surface area contributed by atoms with Crippen molar-refractivity contribution in [3.63, 3.8) is 0 Å². The van der Waals surface area contributed by atoms with Crippen molar-refractivity contribution in [2.75, 3.05) is 7.05 Å². The van der Waals surface area contributed by atoms with E-state index in [1.54, 1.807) is 23.3 Å². The summed E-state index contributed by atoms with van der Waals surface area (Å²) in [7, 11) is 1.79. The van der Waals surface area contributed by atoms with Gasteiger partial charge in [-0.15, -0.1) is 11.3 Å². The van der Waals surface area contributed by atoms with E-state index in [0.717, 1.165) is 59.9 Å². The van der Waals surface area contributed by atoms with Crippen LogP contribution in [0.5, 0.6) is 5.88 Å². The van der Waals surface area contributed by atoms with Gasteiger partial charge in [-0.25, -0.2) is 19.6 Å². The van der Waals surface area contributed by atoms with Crippen LogP contribution in [0.25, 0.3) is 10.2 Å². The summed E-state index contributed by atoms with van der Waals surface area (Å²) in [4.78, 5) is 50.3. The molecule has 1 saturated carbocycles. The van der Waals surface area contributed by atoms with Crippen molar-refractivity contribution in [3.05, 3.63) is 52.7 Å². The van der Waals surface area contributed by atoms with Crippen molar-refractivity contribution in [1.29, 1.82) is 0 Å². The largest absolute Gasteiger partial charge is 0.474 e. The highest BCUT2D eigenvalue weighted by Crippen LogP contribution is 2.48. The molecule has 2 aromatic heterocycles. The second-order valence-corrected chi connectivity index (χ2v) is 13.7. The predicted octanol–water partition coefficient (Wildman–Crippen LogP) is 5.45. The van der Waals surface area contributed by atoms with Gasteiger partial charge in [0, 0.05) is 18.0 Å². The van der Waals surface area contributed by atoms with Crippen molar-refractivity contribution in [1.82, 2.24) is 20.2 Å². The molecule has 236 valence electrons. The molecule has 11 nitrogen and oxygen atoms in total. The molecule has 0 spiro atoms. The van der Waals surface area contributed by atoms with Gasteiger partial charge >= 0.3 is 12.2 Å². The van der Waals surface area contributed by atoms with E-state index < -0.39 is 23.6 Å². The Morgan fingerprint density at radius 2 is 1.82 bits per heavy atom. The van der Waals surface area contributed by atoms with Gasteiger partial charge in [-0.05, 0) is 82.8 Å². The molecule has 5 rings (SSSR count). The summed E-state index contributed by atoms with van der Waals surface area (Å²) in [6.45, 7) is 5.69. The molecule has 1 fully saturated rings. The Kier molecular flexibility index (Phi) is 9.57. The lowest BCUT2D eigenvalue weighted by atomic mass is 9.92. The minimum atomic E-state index is -0.893. The molecule has 3 N–H and O–H groups in total. The number of fused-ring (bicyclic) bond motifs is 3. The highest BCUT2D eigenvalue weighted by molar-refractivity contribution is 7.19. The molecule has 2 heterocycles. The summed E-state index contributed by atoms with van der Waals surface area (Å²) in [5.74, 6) is -0.109. The second-order valence-electron chi connectivity index (χ2n) is 12.6. The summed E-state index contributed by atoms with van der Waals surface area (Å²) in [6, 6.07) is 8.52. The quantitative estimate of drug-likeness (QED) is 0.320. The third kappa shape index (κ3) is 7.58. The first-order valence-electron chi connectivity index (χ1n) is 15.1. The van der Waals surface area contributed by atoms with Crippen molar-refractivity contribution in [2.45, 2.75) is 102 Å². The third-order valence-corrected chi connectivity index (χ3v) is 9.39. The number of nitrogens with two attached hydrogens (primary N) is 1. The topological polar surface area (TPSA) is 146 Å². The molecule has 3 aromatic rings. The number of thiophene rings is 1. The van der Waals surface area contributed by atoms with Gasteiger partial charge in [0.2, 0.25) is 11.8 Å². The van der Waals surface area contributed by atoms with Crippen molar-refractivity contribution < 1.29 is 28.6 Å². The summed E-state index contributed by atoms with van der Waals surface area (Å²) in [6.07, 6.45) is 5.61. The Balaban J connectivity index is 1.24. The van der Waals surface area contributed by atoms with E-state index in [-0.39, 0.29) is 30.8 Å². The Morgan fingerprint density at radius 1 is 1.09 bits per heavy atom. The van der Waals surface area contributed by atoms with Gasteiger partial charge in [-0.1, -0.05) is 30.3 Å². The molecule has 44 heavy (non-hydrogen) atoms.